The molecular formula is C15H14O2S. The van der Waals surface area contributed by atoms with E-state index in [-0.39, 0.29) is 0 Å². The summed E-state index contributed by atoms with van der Waals surface area (Å²) in [6, 6.07) is 10.2. The van der Waals surface area contributed by atoms with Gasteiger partial charge in [-0.2, -0.15) is 0 Å². The van der Waals surface area contributed by atoms with E-state index in [2.05, 4.69) is 18.2 Å². The summed E-state index contributed by atoms with van der Waals surface area (Å²) in [6.07, 6.45) is 3.93. The topological polar surface area (TPSA) is 30.2 Å². The van der Waals surface area contributed by atoms with Crippen LogP contribution in [0, 0.1) is 0 Å². The third-order valence-electron chi connectivity index (χ3n) is 3.15. The van der Waals surface area contributed by atoms with Gasteiger partial charge in [-0.05, 0) is 47.9 Å². The van der Waals surface area contributed by atoms with Crippen LogP contribution in [0.1, 0.15) is 33.9 Å². The molecule has 0 amide bonds. The van der Waals surface area contributed by atoms with Gasteiger partial charge >= 0.3 is 0 Å². The highest BCUT2D eigenvalue weighted by molar-refractivity contribution is 7.99. The highest BCUT2D eigenvalue weighted by Gasteiger charge is 2.11. The highest BCUT2D eigenvalue weighted by atomic mass is 32.2. The van der Waals surface area contributed by atoms with Gasteiger partial charge in [0.1, 0.15) is 5.76 Å². The molecule has 2 nitrogen and oxygen atoms in total. The van der Waals surface area contributed by atoms with Crippen LogP contribution in [0.5, 0.6) is 0 Å². The average Bonchev–Trinajstić information content (AvgIpc) is 2.86. The Balaban J connectivity index is 1.82. The lowest BCUT2D eigenvalue weighted by atomic mass is 10.0. The third kappa shape index (κ3) is 2.36. The molecule has 0 radical (unpaired) electrons. The molecule has 1 aromatic carbocycles. The molecule has 3 rings (SSSR count). The molecule has 1 aromatic heterocycles. The molecule has 0 unspecified atom stereocenters. The van der Waals surface area contributed by atoms with Gasteiger partial charge in [0.2, 0.25) is 0 Å². The summed E-state index contributed by atoms with van der Waals surface area (Å²) in [5, 5.41) is 0. The van der Waals surface area contributed by atoms with Crippen LogP contribution in [0.25, 0.3) is 0 Å². The number of rotatable bonds is 3. The van der Waals surface area contributed by atoms with Crippen molar-refractivity contribution < 1.29 is 9.21 Å². The van der Waals surface area contributed by atoms with Gasteiger partial charge in [-0.15, -0.1) is 11.8 Å². The monoisotopic (exact) mass is 258 g/mol. The fourth-order valence-corrected chi connectivity index (χ4v) is 3.30. The number of fused-ring (bicyclic) bond motifs is 1. The molecule has 92 valence electrons. The number of thioether (sulfide) groups is 1. The van der Waals surface area contributed by atoms with Crippen LogP contribution in [0.4, 0.5) is 0 Å². The molecule has 1 aliphatic rings. The predicted molar refractivity (Wildman–Crippen MR) is 72.4 cm³/mol. The summed E-state index contributed by atoms with van der Waals surface area (Å²) in [7, 11) is 0. The Morgan fingerprint density at radius 2 is 2.22 bits per heavy atom. The molecule has 2 heterocycles. The number of carbonyl (C=O) groups excluding carboxylic acids is 1. The van der Waals surface area contributed by atoms with Crippen molar-refractivity contribution in [2.75, 3.05) is 5.75 Å². The molecule has 0 saturated carbocycles. The maximum Gasteiger partial charge on any atom is 0.185 e. The molecule has 2 aromatic rings. The lowest BCUT2D eigenvalue weighted by Gasteiger charge is -2.15. The van der Waals surface area contributed by atoms with Crippen molar-refractivity contribution in [3.05, 3.63) is 53.0 Å². The summed E-state index contributed by atoms with van der Waals surface area (Å²) >= 11 is 1.94. The number of carbonyl (C=O) groups is 1. The standard InChI is InChI=1S/C15H14O2S/c16-10-14-5-4-13(17-14)9-11-3-6-15-12(8-11)2-1-7-18-15/h3-6,8,10H,1-2,7,9H2. The van der Waals surface area contributed by atoms with Crippen LogP contribution in [0.15, 0.2) is 39.6 Å². The Hall–Kier alpha value is -1.48. The fraction of sp³-hybridized carbons (Fsp3) is 0.267. The zero-order chi connectivity index (χ0) is 12.4. The van der Waals surface area contributed by atoms with Crippen LogP contribution in [0.3, 0.4) is 0 Å². The van der Waals surface area contributed by atoms with Gasteiger partial charge in [-0.1, -0.05) is 12.1 Å². The highest BCUT2D eigenvalue weighted by Crippen LogP contribution is 2.31. The second-order valence-electron chi connectivity index (χ2n) is 4.49. The van der Waals surface area contributed by atoms with Gasteiger partial charge in [0.25, 0.3) is 0 Å². The summed E-state index contributed by atoms with van der Waals surface area (Å²) in [5.74, 6) is 2.48. The smallest absolute Gasteiger partial charge is 0.185 e. The van der Waals surface area contributed by atoms with Gasteiger partial charge < -0.3 is 4.42 Å². The van der Waals surface area contributed by atoms with E-state index in [0.717, 1.165) is 18.5 Å². The molecule has 0 bridgehead atoms. The minimum Gasteiger partial charge on any atom is -0.458 e. The zero-order valence-electron chi connectivity index (χ0n) is 10.0. The quantitative estimate of drug-likeness (QED) is 0.786. The first-order valence-corrected chi connectivity index (χ1v) is 7.12. The van der Waals surface area contributed by atoms with Gasteiger partial charge in [0.15, 0.2) is 12.0 Å². The fourth-order valence-electron chi connectivity index (χ4n) is 2.28. The van der Waals surface area contributed by atoms with Crippen molar-refractivity contribution in [1.82, 2.24) is 0 Å². The van der Waals surface area contributed by atoms with E-state index in [4.69, 9.17) is 4.42 Å². The van der Waals surface area contributed by atoms with Crippen LogP contribution >= 0.6 is 11.8 Å². The lowest BCUT2D eigenvalue weighted by Crippen LogP contribution is -1.99. The van der Waals surface area contributed by atoms with Crippen LogP contribution in [-0.2, 0) is 12.8 Å². The second-order valence-corrected chi connectivity index (χ2v) is 5.63. The van der Waals surface area contributed by atoms with Crippen molar-refractivity contribution in [1.29, 1.82) is 0 Å². The Morgan fingerprint density at radius 3 is 3.06 bits per heavy atom. The van der Waals surface area contributed by atoms with E-state index in [0.29, 0.717) is 5.76 Å². The van der Waals surface area contributed by atoms with Crippen molar-refractivity contribution in [3.8, 4) is 0 Å². The normalized spacial score (nSPS) is 14.2. The van der Waals surface area contributed by atoms with E-state index in [9.17, 15) is 4.79 Å². The molecule has 0 fully saturated rings. The molecule has 0 N–H and O–H groups in total. The summed E-state index contributed by atoms with van der Waals surface area (Å²) in [6.45, 7) is 0. The molecule has 0 spiro atoms. The van der Waals surface area contributed by atoms with Crippen LogP contribution < -0.4 is 0 Å². The van der Waals surface area contributed by atoms with E-state index in [1.807, 2.05) is 17.8 Å². The summed E-state index contributed by atoms with van der Waals surface area (Å²) in [4.78, 5) is 12.0. The number of aryl methyl sites for hydroxylation is 1. The first-order valence-electron chi connectivity index (χ1n) is 6.13. The van der Waals surface area contributed by atoms with E-state index >= 15 is 0 Å². The maximum absolute atomic E-state index is 10.6. The SMILES string of the molecule is O=Cc1ccc(Cc2ccc3c(c2)CCCS3)o1. The maximum atomic E-state index is 10.6. The number of hydrogen-bond donors (Lipinski definition) is 0. The van der Waals surface area contributed by atoms with Crippen molar-refractivity contribution in [2.45, 2.75) is 24.2 Å². The minimum absolute atomic E-state index is 0.401. The largest absolute Gasteiger partial charge is 0.458 e. The zero-order valence-corrected chi connectivity index (χ0v) is 10.8. The third-order valence-corrected chi connectivity index (χ3v) is 4.35. The van der Waals surface area contributed by atoms with Crippen molar-refractivity contribution >= 4 is 18.0 Å². The summed E-state index contributed by atoms with van der Waals surface area (Å²) < 4.78 is 5.41. The van der Waals surface area contributed by atoms with E-state index in [1.54, 1.807) is 6.07 Å². The van der Waals surface area contributed by atoms with Gasteiger partial charge in [-0.25, -0.2) is 0 Å². The predicted octanol–water partition coefficient (Wildman–Crippen LogP) is 3.72. The number of benzene rings is 1. The van der Waals surface area contributed by atoms with Crippen molar-refractivity contribution in [3.63, 3.8) is 0 Å². The number of hydrogen-bond acceptors (Lipinski definition) is 3. The van der Waals surface area contributed by atoms with Crippen LogP contribution in [0.2, 0.25) is 0 Å². The van der Waals surface area contributed by atoms with E-state index in [1.165, 1.54) is 34.6 Å². The minimum atomic E-state index is 0.401. The Morgan fingerprint density at radius 1 is 1.28 bits per heavy atom. The second kappa shape index (κ2) is 5.02. The van der Waals surface area contributed by atoms with E-state index < -0.39 is 0 Å². The van der Waals surface area contributed by atoms with Gasteiger partial charge in [0.05, 0.1) is 0 Å². The molecule has 18 heavy (non-hydrogen) atoms. The first kappa shape index (κ1) is 11.6. The van der Waals surface area contributed by atoms with Crippen LogP contribution in [-0.4, -0.2) is 12.0 Å². The van der Waals surface area contributed by atoms with Gasteiger partial charge in [0, 0.05) is 11.3 Å². The molecule has 3 heteroatoms. The first-order chi connectivity index (χ1) is 8.85. The summed E-state index contributed by atoms with van der Waals surface area (Å²) in [5.41, 5.74) is 2.70. The number of aldehydes is 1. The Kier molecular flexibility index (Phi) is 3.24. The van der Waals surface area contributed by atoms with Crippen molar-refractivity contribution in [2.24, 2.45) is 0 Å². The Bertz CT molecular complexity index is 572. The molecule has 0 aliphatic carbocycles. The lowest BCUT2D eigenvalue weighted by molar-refractivity contribution is 0.109. The molecular weight excluding hydrogens is 244 g/mol. The number of furan rings is 1. The average molecular weight is 258 g/mol. The van der Waals surface area contributed by atoms with Gasteiger partial charge in [-0.3, -0.25) is 4.79 Å². The Labute approximate surface area is 110 Å². The molecule has 1 aliphatic heterocycles. The molecule has 0 atom stereocenters. The molecule has 0 saturated heterocycles.